The molecule has 0 nitrogen and oxygen atoms in total. The quantitative estimate of drug-likeness (QED) is 0.703. The normalized spacial score (nSPS) is 20.7. The van der Waals surface area contributed by atoms with Crippen LogP contribution in [0.5, 0.6) is 0 Å². The summed E-state index contributed by atoms with van der Waals surface area (Å²) in [4.78, 5) is 0. The third-order valence-corrected chi connectivity index (χ3v) is 5.11. The zero-order valence-electron chi connectivity index (χ0n) is 9.38. The van der Waals surface area contributed by atoms with E-state index in [1.54, 1.807) is 0 Å². The van der Waals surface area contributed by atoms with E-state index < -0.39 is 0 Å². The molecule has 1 aliphatic rings. The highest BCUT2D eigenvalue weighted by Crippen LogP contribution is 2.47. The van der Waals surface area contributed by atoms with Gasteiger partial charge >= 0.3 is 0 Å². The van der Waals surface area contributed by atoms with E-state index in [2.05, 4.69) is 53.2 Å². The van der Waals surface area contributed by atoms with E-state index in [0.29, 0.717) is 5.41 Å². The molecular weight excluding hydrogens is 248 g/mol. The third kappa shape index (κ3) is 1.87. The van der Waals surface area contributed by atoms with Crippen LogP contribution in [-0.2, 0) is 5.41 Å². The fraction of sp³-hybridized carbons (Fsp3) is 0.571. The van der Waals surface area contributed by atoms with Crippen molar-refractivity contribution in [3.63, 3.8) is 0 Å². The molecule has 1 saturated carbocycles. The predicted octanol–water partition coefficient (Wildman–Crippen LogP) is 4.53. The van der Waals surface area contributed by atoms with Gasteiger partial charge in [0.1, 0.15) is 0 Å². The first-order valence-electron chi connectivity index (χ1n) is 5.95. The van der Waals surface area contributed by atoms with Gasteiger partial charge in [0.05, 0.1) is 0 Å². The Morgan fingerprint density at radius 1 is 1.27 bits per heavy atom. The van der Waals surface area contributed by atoms with Crippen LogP contribution in [0.2, 0.25) is 0 Å². The van der Waals surface area contributed by atoms with Crippen LogP contribution in [0.15, 0.2) is 30.3 Å². The van der Waals surface area contributed by atoms with Gasteiger partial charge in [0.15, 0.2) is 0 Å². The standard InChI is InChI=1S/C14H19Br/c1-2-14(11-15,13-9-6-10-13)12-7-4-3-5-8-12/h3-5,7-8,13H,2,6,9-11H2,1H3. The lowest BCUT2D eigenvalue weighted by atomic mass is 9.62. The minimum atomic E-state index is 0.388. The van der Waals surface area contributed by atoms with Gasteiger partial charge in [0, 0.05) is 10.7 Å². The second kappa shape index (κ2) is 4.69. The summed E-state index contributed by atoms with van der Waals surface area (Å²) in [6.07, 6.45) is 5.49. The maximum absolute atomic E-state index is 3.75. The molecule has 1 unspecified atom stereocenters. The Balaban J connectivity index is 2.32. The zero-order chi connectivity index (χ0) is 10.7. The molecule has 82 valence electrons. The molecule has 1 aliphatic carbocycles. The summed E-state index contributed by atoms with van der Waals surface area (Å²) >= 11 is 3.75. The number of rotatable bonds is 4. The summed E-state index contributed by atoms with van der Waals surface area (Å²) < 4.78 is 0. The highest BCUT2D eigenvalue weighted by Gasteiger charge is 2.40. The lowest BCUT2D eigenvalue weighted by Gasteiger charge is -2.44. The first-order valence-corrected chi connectivity index (χ1v) is 7.07. The summed E-state index contributed by atoms with van der Waals surface area (Å²) in [6, 6.07) is 11.0. The maximum Gasteiger partial charge on any atom is 0.0131 e. The molecule has 1 atom stereocenters. The maximum atomic E-state index is 3.75. The summed E-state index contributed by atoms with van der Waals surface area (Å²) in [5, 5.41) is 1.10. The van der Waals surface area contributed by atoms with Crippen molar-refractivity contribution in [3.05, 3.63) is 35.9 Å². The van der Waals surface area contributed by atoms with Gasteiger partial charge in [-0.05, 0) is 30.7 Å². The molecule has 0 bridgehead atoms. The van der Waals surface area contributed by atoms with Gasteiger partial charge in [-0.1, -0.05) is 59.6 Å². The van der Waals surface area contributed by atoms with E-state index in [1.807, 2.05) is 0 Å². The zero-order valence-corrected chi connectivity index (χ0v) is 11.0. The van der Waals surface area contributed by atoms with Crippen LogP contribution in [0.1, 0.15) is 38.2 Å². The minimum absolute atomic E-state index is 0.388. The topological polar surface area (TPSA) is 0 Å². The minimum Gasteiger partial charge on any atom is -0.0918 e. The smallest absolute Gasteiger partial charge is 0.0131 e. The SMILES string of the molecule is CCC(CBr)(c1ccccc1)C1CCC1. The molecule has 15 heavy (non-hydrogen) atoms. The third-order valence-electron chi connectivity index (χ3n) is 4.10. The molecule has 0 amide bonds. The first kappa shape index (κ1) is 11.2. The summed E-state index contributed by atoms with van der Waals surface area (Å²) in [5.74, 6) is 0.893. The van der Waals surface area contributed by atoms with Crippen molar-refractivity contribution in [2.75, 3.05) is 5.33 Å². The van der Waals surface area contributed by atoms with Crippen LogP contribution in [0.25, 0.3) is 0 Å². The molecule has 0 aliphatic heterocycles. The number of hydrogen-bond acceptors (Lipinski definition) is 0. The molecule has 0 saturated heterocycles. The van der Waals surface area contributed by atoms with Crippen LogP contribution < -0.4 is 0 Å². The van der Waals surface area contributed by atoms with Crippen LogP contribution in [0, 0.1) is 5.92 Å². The van der Waals surface area contributed by atoms with Gasteiger partial charge in [-0.3, -0.25) is 0 Å². The molecule has 1 fully saturated rings. The van der Waals surface area contributed by atoms with Crippen LogP contribution in [0.3, 0.4) is 0 Å². The second-order valence-electron chi connectivity index (χ2n) is 4.64. The van der Waals surface area contributed by atoms with Crippen molar-refractivity contribution >= 4 is 15.9 Å². The molecular formula is C14H19Br. The average molecular weight is 267 g/mol. The Morgan fingerprint density at radius 3 is 2.33 bits per heavy atom. The number of halogens is 1. The van der Waals surface area contributed by atoms with E-state index in [9.17, 15) is 0 Å². The monoisotopic (exact) mass is 266 g/mol. The van der Waals surface area contributed by atoms with Gasteiger partial charge in [-0.15, -0.1) is 0 Å². The van der Waals surface area contributed by atoms with E-state index in [0.717, 1.165) is 11.2 Å². The van der Waals surface area contributed by atoms with Gasteiger partial charge in [0.25, 0.3) is 0 Å². The van der Waals surface area contributed by atoms with Crippen LogP contribution in [-0.4, -0.2) is 5.33 Å². The van der Waals surface area contributed by atoms with Crippen molar-refractivity contribution in [2.24, 2.45) is 5.92 Å². The molecule has 1 heteroatoms. The van der Waals surface area contributed by atoms with Gasteiger partial charge in [0.2, 0.25) is 0 Å². The Morgan fingerprint density at radius 2 is 1.93 bits per heavy atom. The van der Waals surface area contributed by atoms with Gasteiger partial charge in [-0.25, -0.2) is 0 Å². The van der Waals surface area contributed by atoms with Crippen molar-refractivity contribution in [3.8, 4) is 0 Å². The first-order chi connectivity index (χ1) is 7.33. The molecule has 0 aromatic heterocycles. The van der Waals surface area contributed by atoms with Crippen LogP contribution in [0.4, 0.5) is 0 Å². The Kier molecular flexibility index (Phi) is 3.50. The number of hydrogen-bond donors (Lipinski definition) is 0. The average Bonchev–Trinajstić information content (AvgIpc) is 2.24. The van der Waals surface area contributed by atoms with Crippen molar-refractivity contribution in [1.82, 2.24) is 0 Å². The van der Waals surface area contributed by atoms with Crippen LogP contribution >= 0.6 is 15.9 Å². The second-order valence-corrected chi connectivity index (χ2v) is 5.20. The molecule has 0 heterocycles. The predicted molar refractivity (Wildman–Crippen MR) is 69.5 cm³/mol. The summed E-state index contributed by atoms with van der Waals surface area (Å²) in [6.45, 7) is 2.33. The van der Waals surface area contributed by atoms with E-state index in [4.69, 9.17) is 0 Å². The molecule has 0 radical (unpaired) electrons. The Labute approximate surface area is 101 Å². The number of benzene rings is 1. The van der Waals surface area contributed by atoms with Gasteiger partial charge in [-0.2, -0.15) is 0 Å². The lowest BCUT2D eigenvalue weighted by Crippen LogP contribution is -2.40. The fourth-order valence-corrected chi connectivity index (χ4v) is 3.92. The molecule has 0 spiro atoms. The molecule has 2 rings (SSSR count). The summed E-state index contributed by atoms with van der Waals surface area (Å²) in [5.41, 5.74) is 1.91. The molecule has 1 aromatic rings. The lowest BCUT2D eigenvalue weighted by molar-refractivity contribution is 0.178. The van der Waals surface area contributed by atoms with Crippen molar-refractivity contribution < 1.29 is 0 Å². The van der Waals surface area contributed by atoms with Gasteiger partial charge < -0.3 is 0 Å². The molecule has 1 aromatic carbocycles. The van der Waals surface area contributed by atoms with E-state index in [-0.39, 0.29) is 0 Å². The largest absolute Gasteiger partial charge is 0.0918 e. The highest BCUT2D eigenvalue weighted by molar-refractivity contribution is 9.09. The Hall–Kier alpha value is -0.300. The van der Waals surface area contributed by atoms with E-state index >= 15 is 0 Å². The van der Waals surface area contributed by atoms with Crippen molar-refractivity contribution in [2.45, 2.75) is 38.0 Å². The Bertz CT molecular complexity index is 296. The van der Waals surface area contributed by atoms with Crippen molar-refractivity contribution in [1.29, 1.82) is 0 Å². The number of alkyl halides is 1. The fourth-order valence-electron chi connectivity index (χ4n) is 2.74. The highest BCUT2D eigenvalue weighted by atomic mass is 79.9. The van der Waals surface area contributed by atoms with E-state index in [1.165, 1.54) is 31.2 Å². The summed E-state index contributed by atoms with van der Waals surface area (Å²) in [7, 11) is 0. The molecule has 0 N–H and O–H groups in total.